The number of piperazine rings is 1. The van der Waals surface area contributed by atoms with Crippen molar-refractivity contribution >= 4 is 35.3 Å². The van der Waals surface area contributed by atoms with Crippen molar-refractivity contribution in [3.8, 4) is 0 Å². The fraction of sp³-hybridized carbons (Fsp3) is 0.448. The van der Waals surface area contributed by atoms with Gasteiger partial charge < -0.3 is 30.3 Å². The monoisotopic (exact) mass is 569 g/mol. The van der Waals surface area contributed by atoms with Gasteiger partial charge in [0.1, 0.15) is 18.0 Å². The van der Waals surface area contributed by atoms with E-state index in [-0.39, 0.29) is 24.9 Å². The van der Waals surface area contributed by atoms with Gasteiger partial charge in [0.15, 0.2) is 0 Å². The normalized spacial score (nSPS) is 17.7. The average molecular weight is 570 g/mol. The number of carbonyl (C=O) groups excluding carboxylic acids is 4. The van der Waals surface area contributed by atoms with Crippen LogP contribution in [0.25, 0.3) is 0 Å². The highest BCUT2D eigenvalue weighted by atomic mass is 19.1. The highest BCUT2D eigenvalue weighted by Crippen LogP contribution is 2.28. The molecule has 12 heteroatoms. The topological polar surface area (TPSA) is 135 Å². The third-order valence-electron chi connectivity index (χ3n) is 7.28. The van der Waals surface area contributed by atoms with Crippen LogP contribution in [0.15, 0.2) is 42.5 Å². The molecule has 2 saturated heterocycles. The minimum Gasteiger partial charge on any atom is -0.468 e. The van der Waals surface area contributed by atoms with Crippen LogP contribution in [0.2, 0.25) is 0 Å². The molecule has 2 fully saturated rings. The van der Waals surface area contributed by atoms with E-state index in [1.807, 2.05) is 29.2 Å². The number of amides is 3. The first-order chi connectivity index (χ1) is 19.6. The summed E-state index contributed by atoms with van der Waals surface area (Å²) in [6.07, 6.45) is 0.238. The average Bonchev–Trinajstić information content (AvgIpc) is 3.35. The number of benzene rings is 2. The van der Waals surface area contributed by atoms with Crippen molar-refractivity contribution in [2.45, 2.75) is 38.3 Å². The van der Waals surface area contributed by atoms with E-state index >= 15 is 4.39 Å². The molecular weight excluding hydrogens is 533 g/mol. The van der Waals surface area contributed by atoms with Crippen molar-refractivity contribution in [3.05, 3.63) is 59.4 Å². The predicted octanol–water partition coefficient (Wildman–Crippen LogP) is 1.61. The van der Waals surface area contributed by atoms with Gasteiger partial charge in [-0.2, -0.15) is 0 Å². The fourth-order valence-electron chi connectivity index (χ4n) is 4.95. The highest BCUT2D eigenvalue weighted by Gasteiger charge is 2.33. The number of nitrogens with zero attached hydrogens (tertiary/aromatic N) is 3. The molecule has 0 spiro atoms. The van der Waals surface area contributed by atoms with E-state index in [9.17, 15) is 19.2 Å². The van der Waals surface area contributed by atoms with Gasteiger partial charge in [-0.15, -0.1) is 0 Å². The Morgan fingerprint density at radius 3 is 2.41 bits per heavy atom. The number of rotatable bonds is 10. The number of methoxy groups -OCH3 is 1. The molecule has 0 unspecified atom stereocenters. The van der Waals surface area contributed by atoms with E-state index < -0.39 is 30.0 Å². The van der Waals surface area contributed by atoms with E-state index in [2.05, 4.69) is 10.1 Å². The van der Waals surface area contributed by atoms with E-state index in [1.54, 1.807) is 17.0 Å². The maximum absolute atomic E-state index is 15.1. The number of cyclic esters (lactones) is 1. The Kier molecular flexibility index (Phi) is 9.77. The minimum absolute atomic E-state index is 0.0404. The summed E-state index contributed by atoms with van der Waals surface area (Å²) in [6, 6.07) is 11.6. The summed E-state index contributed by atoms with van der Waals surface area (Å²) in [6.45, 7) is 3.73. The number of hydrogen-bond acceptors (Lipinski definition) is 8. The summed E-state index contributed by atoms with van der Waals surface area (Å²) >= 11 is 0. The predicted molar refractivity (Wildman–Crippen MR) is 150 cm³/mol. The quantitative estimate of drug-likeness (QED) is 0.412. The van der Waals surface area contributed by atoms with Crippen molar-refractivity contribution in [3.63, 3.8) is 0 Å². The molecule has 2 aromatic carbocycles. The lowest BCUT2D eigenvalue weighted by atomic mass is 10.0. The molecule has 0 saturated carbocycles. The summed E-state index contributed by atoms with van der Waals surface area (Å²) in [5.74, 6) is -1.10. The van der Waals surface area contributed by atoms with E-state index in [4.69, 9.17) is 10.5 Å². The van der Waals surface area contributed by atoms with Crippen molar-refractivity contribution in [1.82, 2.24) is 10.2 Å². The number of hydrogen-bond donors (Lipinski definition) is 2. The van der Waals surface area contributed by atoms with Gasteiger partial charge in [-0.1, -0.05) is 24.3 Å². The Labute approximate surface area is 238 Å². The molecule has 0 bridgehead atoms. The first-order valence-corrected chi connectivity index (χ1v) is 13.6. The van der Waals surface area contributed by atoms with Crippen LogP contribution in [-0.2, 0) is 36.7 Å². The smallest absolute Gasteiger partial charge is 0.414 e. The van der Waals surface area contributed by atoms with Crippen molar-refractivity contribution in [1.29, 1.82) is 0 Å². The number of halogens is 1. The summed E-state index contributed by atoms with van der Waals surface area (Å²) in [4.78, 5) is 52.7. The maximum atomic E-state index is 15.1. The fourth-order valence-corrected chi connectivity index (χ4v) is 4.95. The van der Waals surface area contributed by atoms with Crippen LogP contribution < -0.4 is 20.9 Å². The standard InChI is InChI=1S/C29H36FN5O6/c1-19(36)32-17-23-18-35(29(39)41-23)22-8-9-26(24(30)16-22)33-11-13-34(14-12-33)27(37)10-7-20-3-5-21(6-4-20)15-25(31)28(38)40-2/h3-6,8-9,16,23,25H,7,10-15,17-18,31H2,1-2H3,(H,32,36)/t23-,25-/m0/s1. The van der Waals surface area contributed by atoms with Crippen LogP contribution in [0, 0.1) is 5.82 Å². The van der Waals surface area contributed by atoms with Gasteiger partial charge in [-0.05, 0) is 42.2 Å². The van der Waals surface area contributed by atoms with Gasteiger partial charge in [0.05, 0.1) is 31.6 Å². The molecule has 2 aliphatic rings. The van der Waals surface area contributed by atoms with Crippen LogP contribution in [0.3, 0.4) is 0 Å². The van der Waals surface area contributed by atoms with Crippen LogP contribution in [0.4, 0.5) is 20.6 Å². The first kappa shape index (κ1) is 29.8. The molecule has 11 nitrogen and oxygen atoms in total. The van der Waals surface area contributed by atoms with Crippen molar-refractivity contribution < 1.29 is 33.0 Å². The highest BCUT2D eigenvalue weighted by molar-refractivity contribution is 5.90. The van der Waals surface area contributed by atoms with Gasteiger partial charge in [0, 0.05) is 39.5 Å². The zero-order chi connectivity index (χ0) is 29.5. The zero-order valence-electron chi connectivity index (χ0n) is 23.3. The second kappa shape index (κ2) is 13.4. The zero-order valence-corrected chi connectivity index (χ0v) is 23.3. The molecule has 3 amide bonds. The van der Waals surface area contributed by atoms with Gasteiger partial charge in [0.2, 0.25) is 11.8 Å². The third kappa shape index (κ3) is 7.72. The van der Waals surface area contributed by atoms with Crippen molar-refractivity contribution in [2.24, 2.45) is 5.73 Å². The Morgan fingerprint density at radius 2 is 1.78 bits per heavy atom. The molecular formula is C29H36FN5O6. The summed E-state index contributed by atoms with van der Waals surface area (Å²) in [7, 11) is 1.31. The number of nitrogens with one attached hydrogen (secondary N) is 1. The molecule has 2 aromatic rings. The Balaban J connectivity index is 1.24. The Hall–Kier alpha value is -4.19. The van der Waals surface area contributed by atoms with Gasteiger partial charge >= 0.3 is 12.1 Å². The minimum atomic E-state index is -0.712. The number of ether oxygens (including phenoxy) is 2. The van der Waals surface area contributed by atoms with Crippen LogP contribution in [-0.4, -0.2) is 87.3 Å². The summed E-state index contributed by atoms with van der Waals surface area (Å²) in [5, 5.41) is 2.62. The Bertz CT molecular complexity index is 1260. The second-order valence-corrected chi connectivity index (χ2v) is 10.2. The van der Waals surface area contributed by atoms with Gasteiger partial charge in [-0.25, -0.2) is 9.18 Å². The molecule has 0 aliphatic carbocycles. The molecule has 0 radical (unpaired) electrons. The molecule has 41 heavy (non-hydrogen) atoms. The third-order valence-corrected chi connectivity index (χ3v) is 7.28. The molecule has 0 aromatic heterocycles. The lowest BCUT2D eigenvalue weighted by Crippen LogP contribution is -2.49. The lowest BCUT2D eigenvalue weighted by molar-refractivity contribution is -0.142. The molecule has 2 aliphatic heterocycles. The summed E-state index contributed by atoms with van der Waals surface area (Å²) in [5.41, 5.74) is 8.54. The number of anilines is 2. The maximum Gasteiger partial charge on any atom is 0.414 e. The van der Waals surface area contributed by atoms with Crippen LogP contribution >= 0.6 is 0 Å². The number of nitrogens with two attached hydrogens (primary N) is 1. The number of carbonyl (C=O) groups is 4. The first-order valence-electron chi connectivity index (χ1n) is 13.6. The lowest BCUT2D eigenvalue weighted by Gasteiger charge is -2.36. The largest absolute Gasteiger partial charge is 0.468 e. The van der Waals surface area contributed by atoms with Crippen molar-refractivity contribution in [2.75, 3.05) is 56.2 Å². The molecule has 4 rings (SSSR count). The van der Waals surface area contributed by atoms with Gasteiger partial charge in [0.25, 0.3) is 0 Å². The van der Waals surface area contributed by atoms with Gasteiger partial charge in [-0.3, -0.25) is 19.3 Å². The van der Waals surface area contributed by atoms with Crippen LogP contribution in [0.1, 0.15) is 24.5 Å². The Morgan fingerprint density at radius 1 is 1.10 bits per heavy atom. The summed E-state index contributed by atoms with van der Waals surface area (Å²) < 4.78 is 25.0. The second-order valence-electron chi connectivity index (χ2n) is 10.2. The molecule has 220 valence electrons. The number of esters is 1. The van der Waals surface area contributed by atoms with E-state index in [0.717, 1.165) is 11.1 Å². The SMILES string of the molecule is COC(=O)[C@@H](N)Cc1ccc(CCC(=O)N2CCN(c3ccc(N4C[C@H](CNC(C)=O)OC4=O)cc3F)CC2)cc1. The van der Waals surface area contributed by atoms with E-state index in [1.165, 1.54) is 25.0 Å². The molecule has 3 N–H and O–H groups in total. The number of aryl methyl sites for hydroxylation is 1. The van der Waals surface area contributed by atoms with E-state index in [0.29, 0.717) is 56.8 Å². The van der Waals surface area contributed by atoms with Crippen LogP contribution in [0.5, 0.6) is 0 Å². The molecule has 2 atom stereocenters. The molecule has 2 heterocycles.